The monoisotopic (exact) mass is 292 g/mol. The van der Waals surface area contributed by atoms with Crippen LogP contribution in [-0.4, -0.2) is 11.9 Å². The molecule has 0 N–H and O–H groups in total. The first-order chi connectivity index (χ1) is 7.58. The molecule has 0 aliphatic heterocycles. The molecule has 2 aromatic rings. The van der Waals surface area contributed by atoms with Crippen LogP contribution in [0, 0.1) is 0 Å². The van der Waals surface area contributed by atoms with Crippen molar-refractivity contribution in [2.24, 2.45) is 0 Å². The van der Waals surface area contributed by atoms with Crippen LogP contribution in [0.4, 0.5) is 0 Å². The number of aromatic carboxylic acids is 2. The molecular weight excluding hydrogens is 286 g/mol. The van der Waals surface area contributed by atoms with Gasteiger partial charge in [0.15, 0.2) is 0 Å². The minimum Gasteiger partial charge on any atom is -0.545 e. The number of carbonyl (C=O) groups is 2. The third kappa shape index (κ3) is 4.48. The summed E-state index contributed by atoms with van der Waals surface area (Å²) in [5.74, 6) is -2.52. The van der Waals surface area contributed by atoms with Gasteiger partial charge in [0.05, 0.1) is 11.9 Å². The van der Waals surface area contributed by atoms with Crippen molar-refractivity contribution in [2.45, 2.75) is 0 Å². The SMILES string of the molecule is O=C([O-])c1ccc2cc(C(=O)[O-])ccc2c1.[K+].[K+]. The molecule has 0 radical (unpaired) electrons. The van der Waals surface area contributed by atoms with E-state index in [4.69, 9.17) is 0 Å². The molecule has 0 aliphatic rings. The Kier molecular flexibility index (Phi) is 8.67. The van der Waals surface area contributed by atoms with E-state index in [1.54, 1.807) is 0 Å². The Hall–Kier alpha value is 0.913. The van der Waals surface area contributed by atoms with Crippen LogP contribution in [0.15, 0.2) is 36.4 Å². The van der Waals surface area contributed by atoms with Crippen molar-refractivity contribution in [3.63, 3.8) is 0 Å². The third-order valence-electron chi connectivity index (χ3n) is 2.31. The second-order valence-corrected chi connectivity index (χ2v) is 3.35. The molecule has 0 saturated heterocycles. The van der Waals surface area contributed by atoms with E-state index < -0.39 is 11.9 Å². The van der Waals surface area contributed by atoms with Gasteiger partial charge in [-0.15, -0.1) is 0 Å². The maximum absolute atomic E-state index is 10.6. The van der Waals surface area contributed by atoms with E-state index in [1.807, 2.05) is 0 Å². The Balaban J connectivity index is 0.00000144. The molecule has 0 bridgehead atoms. The van der Waals surface area contributed by atoms with E-state index in [2.05, 4.69) is 0 Å². The van der Waals surface area contributed by atoms with Crippen LogP contribution < -0.4 is 113 Å². The van der Waals surface area contributed by atoms with Gasteiger partial charge in [0.1, 0.15) is 0 Å². The summed E-state index contributed by atoms with van der Waals surface area (Å²) >= 11 is 0. The van der Waals surface area contributed by atoms with Crippen LogP contribution >= 0.6 is 0 Å². The van der Waals surface area contributed by atoms with Gasteiger partial charge in [-0.1, -0.05) is 24.3 Å². The van der Waals surface area contributed by atoms with Gasteiger partial charge in [-0.25, -0.2) is 0 Å². The first kappa shape index (κ1) is 18.9. The zero-order chi connectivity index (χ0) is 11.7. The average molecular weight is 292 g/mol. The van der Waals surface area contributed by atoms with Crippen LogP contribution in [0.5, 0.6) is 0 Å². The number of fused-ring (bicyclic) bond motifs is 1. The fourth-order valence-corrected chi connectivity index (χ4v) is 1.50. The van der Waals surface area contributed by atoms with Crippen LogP contribution in [0.3, 0.4) is 0 Å². The normalized spacial score (nSPS) is 9.11. The minimum atomic E-state index is -1.26. The molecule has 0 aromatic heterocycles. The molecular formula is C12H6K2O4. The minimum absolute atomic E-state index is 0. The number of hydrogen-bond donors (Lipinski definition) is 0. The molecule has 6 heteroatoms. The largest absolute Gasteiger partial charge is 1.00 e. The number of carbonyl (C=O) groups excluding carboxylic acids is 2. The van der Waals surface area contributed by atoms with Gasteiger partial charge in [0, 0.05) is 0 Å². The maximum Gasteiger partial charge on any atom is 1.00 e. The zero-order valence-corrected chi connectivity index (χ0v) is 16.3. The summed E-state index contributed by atoms with van der Waals surface area (Å²) in [6.45, 7) is 0. The summed E-state index contributed by atoms with van der Waals surface area (Å²) in [4.78, 5) is 21.2. The second-order valence-electron chi connectivity index (χ2n) is 3.35. The molecule has 0 atom stereocenters. The Morgan fingerprint density at radius 3 is 1.33 bits per heavy atom. The van der Waals surface area contributed by atoms with E-state index in [0.29, 0.717) is 10.8 Å². The Labute approximate surface area is 189 Å². The van der Waals surface area contributed by atoms with Gasteiger partial charge >= 0.3 is 103 Å². The Morgan fingerprint density at radius 1 is 0.722 bits per heavy atom. The van der Waals surface area contributed by atoms with E-state index in [-0.39, 0.29) is 114 Å². The predicted molar refractivity (Wildman–Crippen MR) is 52.6 cm³/mol. The number of rotatable bonds is 2. The Morgan fingerprint density at radius 2 is 1.06 bits per heavy atom. The molecule has 0 aliphatic carbocycles. The first-order valence-electron chi connectivity index (χ1n) is 4.54. The standard InChI is InChI=1S/C12H8O4.2K/c13-11(14)9-3-1-7-5-10(12(15)16)4-2-8(7)6-9;;/h1-6H,(H,13,14)(H,15,16);;/q;2*+1/p-2. The Bertz CT molecular complexity index is 542. The summed E-state index contributed by atoms with van der Waals surface area (Å²) in [6, 6.07) is 8.68. The third-order valence-corrected chi connectivity index (χ3v) is 2.31. The zero-order valence-electron chi connectivity index (χ0n) is 10.1. The molecule has 4 nitrogen and oxygen atoms in total. The van der Waals surface area contributed by atoms with Crippen molar-refractivity contribution in [1.29, 1.82) is 0 Å². The van der Waals surface area contributed by atoms with Gasteiger partial charge in [-0.3, -0.25) is 0 Å². The van der Waals surface area contributed by atoms with Crippen molar-refractivity contribution in [1.82, 2.24) is 0 Å². The number of benzene rings is 2. The molecule has 0 spiro atoms. The summed E-state index contributed by atoms with van der Waals surface area (Å²) in [6.07, 6.45) is 0. The molecule has 0 fully saturated rings. The fraction of sp³-hybridized carbons (Fsp3) is 0. The molecule has 0 unspecified atom stereocenters. The fourth-order valence-electron chi connectivity index (χ4n) is 1.50. The molecule has 0 saturated carbocycles. The maximum atomic E-state index is 10.6. The molecule has 0 amide bonds. The number of carboxylic acids is 2. The van der Waals surface area contributed by atoms with Gasteiger partial charge in [0.25, 0.3) is 0 Å². The average Bonchev–Trinajstić information content (AvgIpc) is 2.27. The van der Waals surface area contributed by atoms with E-state index in [0.717, 1.165) is 0 Å². The quantitative estimate of drug-likeness (QED) is 0.516. The van der Waals surface area contributed by atoms with Gasteiger partial charge < -0.3 is 19.8 Å². The summed E-state index contributed by atoms with van der Waals surface area (Å²) in [7, 11) is 0. The first-order valence-corrected chi connectivity index (χ1v) is 4.54. The predicted octanol–water partition coefficient (Wildman–Crippen LogP) is -6.43. The van der Waals surface area contributed by atoms with Crippen LogP contribution in [-0.2, 0) is 0 Å². The van der Waals surface area contributed by atoms with Gasteiger partial charge in [-0.05, 0) is 34.0 Å². The number of hydrogen-bond acceptors (Lipinski definition) is 4. The van der Waals surface area contributed by atoms with Gasteiger partial charge in [-0.2, -0.15) is 0 Å². The summed E-state index contributed by atoms with van der Waals surface area (Å²) in [5.41, 5.74) is 0.127. The molecule has 0 heterocycles. The molecule has 2 aromatic carbocycles. The topological polar surface area (TPSA) is 80.3 Å². The summed E-state index contributed by atoms with van der Waals surface area (Å²) in [5, 5.41) is 22.5. The van der Waals surface area contributed by atoms with E-state index >= 15 is 0 Å². The van der Waals surface area contributed by atoms with Crippen molar-refractivity contribution >= 4 is 22.7 Å². The smallest absolute Gasteiger partial charge is 0.545 e. The molecule has 18 heavy (non-hydrogen) atoms. The van der Waals surface area contributed by atoms with Crippen molar-refractivity contribution in [3.05, 3.63) is 47.5 Å². The van der Waals surface area contributed by atoms with Crippen LogP contribution in [0.25, 0.3) is 10.8 Å². The van der Waals surface area contributed by atoms with Crippen molar-refractivity contribution in [3.8, 4) is 0 Å². The van der Waals surface area contributed by atoms with Gasteiger partial charge in [0.2, 0.25) is 0 Å². The van der Waals surface area contributed by atoms with Crippen molar-refractivity contribution in [2.75, 3.05) is 0 Å². The van der Waals surface area contributed by atoms with Crippen molar-refractivity contribution < 1.29 is 123 Å². The second kappa shape index (κ2) is 8.26. The van der Waals surface area contributed by atoms with E-state index in [1.165, 1.54) is 36.4 Å². The molecule has 2 rings (SSSR count). The van der Waals surface area contributed by atoms with E-state index in [9.17, 15) is 19.8 Å². The van der Waals surface area contributed by atoms with Crippen LogP contribution in [0.2, 0.25) is 0 Å². The van der Waals surface area contributed by atoms with Crippen LogP contribution in [0.1, 0.15) is 20.7 Å². The molecule has 80 valence electrons. The summed E-state index contributed by atoms with van der Waals surface area (Å²) < 4.78 is 0. The number of carboxylic acid groups (broad SMARTS) is 2.